The molecule has 8 heteroatoms. The van der Waals surface area contributed by atoms with Crippen molar-refractivity contribution in [3.8, 4) is 5.69 Å². The highest BCUT2D eigenvalue weighted by molar-refractivity contribution is 7.92. The fraction of sp³-hybridized carbons (Fsp3) is 0.143. The van der Waals surface area contributed by atoms with Gasteiger partial charge in [0.2, 0.25) is 10.0 Å². The van der Waals surface area contributed by atoms with Gasteiger partial charge in [-0.1, -0.05) is 0 Å². The molecule has 0 radical (unpaired) electrons. The van der Waals surface area contributed by atoms with Crippen LogP contribution in [0.2, 0.25) is 0 Å². The number of allylic oxidation sites excluding steroid dienone is 1. The molecule has 3 aromatic rings. The number of anilines is 1. The number of halogens is 1. The molecule has 3 rings (SSSR count). The van der Waals surface area contributed by atoms with Gasteiger partial charge in [-0.2, -0.15) is 5.10 Å². The van der Waals surface area contributed by atoms with Crippen LogP contribution in [-0.4, -0.2) is 30.2 Å². The second-order valence-electron chi connectivity index (χ2n) is 6.62. The van der Waals surface area contributed by atoms with Crippen molar-refractivity contribution in [3.63, 3.8) is 0 Å². The number of rotatable bonds is 6. The van der Waals surface area contributed by atoms with Crippen molar-refractivity contribution in [3.05, 3.63) is 82.9 Å². The highest BCUT2D eigenvalue weighted by Crippen LogP contribution is 2.20. The van der Waals surface area contributed by atoms with Crippen molar-refractivity contribution in [1.82, 2.24) is 9.78 Å². The first-order valence-electron chi connectivity index (χ1n) is 8.76. The number of aryl methyl sites for hydroxylation is 1. The molecule has 6 nitrogen and oxygen atoms in total. The van der Waals surface area contributed by atoms with Crippen LogP contribution in [-0.2, 0) is 10.0 Å². The Morgan fingerprint density at radius 3 is 2.28 bits per heavy atom. The maximum Gasteiger partial charge on any atom is 0.229 e. The number of aromatic nitrogens is 2. The molecule has 0 aliphatic carbocycles. The molecular formula is C21H20FN3O3S. The Bertz CT molecular complexity index is 1180. The number of hydrogen-bond donors (Lipinski definition) is 1. The van der Waals surface area contributed by atoms with Crippen LogP contribution < -0.4 is 4.72 Å². The third kappa shape index (κ3) is 4.97. The largest absolute Gasteiger partial charge is 0.289 e. The summed E-state index contributed by atoms with van der Waals surface area (Å²) in [6, 6.07) is 12.2. The highest BCUT2D eigenvalue weighted by atomic mass is 32.2. The maximum absolute atomic E-state index is 13.2. The molecule has 1 N–H and O–H groups in total. The summed E-state index contributed by atoms with van der Waals surface area (Å²) in [4.78, 5) is 12.5. The number of nitrogens with one attached hydrogen (secondary N) is 1. The van der Waals surface area contributed by atoms with E-state index in [1.807, 2.05) is 13.8 Å². The number of hydrogen-bond acceptors (Lipinski definition) is 4. The van der Waals surface area contributed by atoms with Crippen molar-refractivity contribution in [2.24, 2.45) is 0 Å². The van der Waals surface area contributed by atoms with Gasteiger partial charge in [0.15, 0.2) is 5.78 Å². The molecule has 0 bridgehead atoms. The zero-order chi connectivity index (χ0) is 21.2. The average Bonchev–Trinajstić information content (AvgIpc) is 2.93. The first kappa shape index (κ1) is 20.5. The van der Waals surface area contributed by atoms with Gasteiger partial charge < -0.3 is 0 Å². The van der Waals surface area contributed by atoms with Gasteiger partial charge in [0, 0.05) is 22.5 Å². The van der Waals surface area contributed by atoms with Crippen molar-refractivity contribution < 1.29 is 17.6 Å². The summed E-state index contributed by atoms with van der Waals surface area (Å²) < 4.78 is 39.7. The Labute approximate surface area is 168 Å². The van der Waals surface area contributed by atoms with Gasteiger partial charge in [-0.15, -0.1) is 0 Å². The molecule has 0 aliphatic heterocycles. The molecule has 0 amide bonds. The molecule has 0 fully saturated rings. The SMILES string of the molecule is Cc1nn(-c2ccc(F)cc2)c(C)c1/C=C/C(=O)c1ccc(NS(C)(=O)=O)cc1. The molecule has 150 valence electrons. The predicted molar refractivity (Wildman–Crippen MR) is 111 cm³/mol. The van der Waals surface area contributed by atoms with E-state index in [2.05, 4.69) is 9.82 Å². The van der Waals surface area contributed by atoms with Gasteiger partial charge in [0.25, 0.3) is 0 Å². The molecule has 29 heavy (non-hydrogen) atoms. The van der Waals surface area contributed by atoms with Crippen LogP contribution in [0.5, 0.6) is 0 Å². The Morgan fingerprint density at radius 2 is 1.69 bits per heavy atom. The van der Waals surface area contributed by atoms with Crippen molar-refractivity contribution in [2.75, 3.05) is 11.0 Å². The van der Waals surface area contributed by atoms with E-state index in [0.717, 1.165) is 28.9 Å². The number of nitrogens with zero attached hydrogens (tertiary/aromatic N) is 2. The molecule has 1 aromatic heterocycles. The molecule has 0 spiro atoms. The van der Waals surface area contributed by atoms with Crippen LogP contribution in [0.25, 0.3) is 11.8 Å². The Kier molecular flexibility index (Phi) is 5.65. The lowest BCUT2D eigenvalue weighted by molar-refractivity contribution is 0.104. The van der Waals surface area contributed by atoms with Crippen LogP contribution in [0, 0.1) is 19.7 Å². The minimum Gasteiger partial charge on any atom is -0.289 e. The Morgan fingerprint density at radius 1 is 1.07 bits per heavy atom. The highest BCUT2D eigenvalue weighted by Gasteiger charge is 2.12. The van der Waals surface area contributed by atoms with Crippen LogP contribution in [0.3, 0.4) is 0 Å². The second-order valence-corrected chi connectivity index (χ2v) is 8.37. The number of ketones is 1. The lowest BCUT2D eigenvalue weighted by atomic mass is 10.1. The molecule has 0 aliphatic rings. The van der Waals surface area contributed by atoms with Crippen molar-refractivity contribution >= 4 is 27.6 Å². The van der Waals surface area contributed by atoms with E-state index < -0.39 is 10.0 Å². The van der Waals surface area contributed by atoms with E-state index in [1.165, 1.54) is 30.3 Å². The van der Waals surface area contributed by atoms with Crippen LogP contribution in [0.1, 0.15) is 27.3 Å². The topological polar surface area (TPSA) is 81.1 Å². The summed E-state index contributed by atoms with van der Waals surface area (Å²) in [5.41, 5.74) is 3.92. The van der Waals surface area contributed by atoms with Crippen molar-refractivity contribution in [1.29, 1.82) is 0 Å². The van der Waals surface area contributed by atoms with Gasteiger partial charge in [-0.3, -0.25) is 9.52 Å². The lowest BCUT2D eigenvalue weighted by Gasteiger charge is -2.04. The molecule has 2 aromatic carbocycles. The van der Waals surface area contributed by atoms with Crippen molar-refractivity contribution in [2.45, 2.75) is 13.8 Å². The summed E-state index contributed by atoms with van der Waals surface area (Å²) >= 11 is 0. The molecule has 0 saturated carbocycles. The molecule has 0 atom stereocenters. The van der Waals surface area contributed by atoms with E-state index in [1.54, 1.807) is 35.0 Å². The monoisotopic (exact) mass is 413 g/mol. The number of sulfonamides is 1. The number of benzene rings is 2. The van der Waals surface area contributed by atoms with Gasteiger partial charge in [0.1, 0.15) is 5.82 Å². The molecule has 1 heterocycles. The van der Waals surface area contributed by atoms with E-state index in [0.29, 0.717) is 11.3 Å². The second kappa shape index (κ2) is 8.00. The zero-order valence-electron chi connectivity index (χ0n) is 16.2. The first-order valence-corrected chi connectivity index (χ1v) is 10.7. The fourth-order valence-electron chi connectivity index (χ4n) is 2.90. The van der Waals surface area contributed by atoms with E-state index in [-0.39, 0.29) is 11.6 Å². The average molecular weight is 413 g/mol. The smallest absolute Gasteiger partial charge is 0.229 e. The summed E-state index contributed by atoms with van der Waals surface area (Å²) in [5.74, 6) is -0.539. The summed E-state index contributed by atoms with van der Waals surface area (Å²) in [6.45, 7) is 3.71. The third-order valence-electron chi connectivity index (χ3n) is 4.29. The maximum atomic E-state index is 13.2. The Hall–Kier alpha value is -3.26. The summed E-state index contributed by atoms with van der Waals surface area (Å²) in [5, 5.41) is 4.47. The van der Waals surface area contributed by atoms with Gasteiger partial charge in [0.05, 0.1) is 17.6 Å². The van der Waals surface area contributed by atoms with Crippen LogP contribution in [0.15, 0.2) is 54.6 Å². The quantitative estimate of drug-likeness (QED) is 0.491. The summed E-state index contributed by atoms with van der Waals surface area (Å²) in [6.07, 6.45) is 4.21. The summed E-state index contributed by atoms with van der Waals surface area (Å²) in [7, 11) is -3.37. The van der Waals surface area contributed by atoms with E-state index in [9.17, 15) is 17.6 Å². The fourth-order valence-corrected chi connectivity index (χ4v) is 3.47. The normalized spacial score (nSPS) is 11.7. The van der Waals surface area contributed by atoms with Crippen LogP contribution in [0.4, 0.5) is 10.1 Å². The van der Waals surface area contributed by atoms with Gasteiger partial charge in [-0.25, -0.2) is 17.5 Å². The van der Waals surface area contributed by atoms with E-state index in [4.69, 9.17) is 0 Å². The molecule has 0 saturated heterocycles. The standard InChI is InChI=1S/C21H20FN3O3S/c1-14-20(15(2)25(23-14)19-10-6-17(22)7-11-19)12-13-21(26)16-4-8-18(9-5-16)24-29(3,27)28/h4-13,24H,1-3H3/b13-12+. The zero-order valence-corrected chi connectivity index (χ0v) is 17.0. The van der Waals surface area contributed by atoms with Gasteiger partial charge in [-0.05, 0) is 74.5 Å². The minimum absolute atomic E-state index is 0.218. The molecule has 0 unspecified atom stereocenters. The van der Waals surface area contributed by atoms with Crippen LogP contribution >= 0.6 is 0 Å². The predicted octanol–water partition coefficient (Wildman–Crippen LogP) is 3.90. The minimum atomic E-state index is -3.37. The number of carbonyl (C=O) groups excluding carboxylic acids is 1. The third-order valence-corrected chi connectivity index (χ3v) is 4.90. The lowest BCUT2D eigenvalue weighted by Crippen LogP contribution is -2.09. The first-order chi connectivity index (χ1) is 13.6. The number of carbonyl (C=O) groups is 1. The molecular weight excluding hydrogens is 393 g/mol. The van der Waals surface area contributed by atoms with E-state index >= 15 is 0 Å². The Balaban J connectivity index is 1.81. The van der Waals surface area contributed by atoms with Gasteiger partial charge >= 0.3 is 0 Å².